The maximum atomic E-state index is 12.0. The van der Waals surface area contributed by atoms with Crippen LogP contribution in [0.15, 0.2) is 0 Å². The average molecular weight is 409 g/mol. The fourth-order valence-electron chi connectivity index (χ4n) is 3.13. The number of nitrogens with zero attached hydrogens (tertiary/aromatic N) is 1. The topological polar surface area (TPSA) is 63.6 Å². The zero-order chi connectivity index (χ0) is 19.8. The number of carboxylic acid groups (broad SMARTS) is 1. The Morgan fingerprint density at radius 1 is 0.852 bits per heavy atom. The lowest BCUT2D eigenvalue weighted by molar-refractivity contribution is -0.873. The molecule has 6 heteroatoms. The molecule has 0 saturated carbocycles. The lowest BCUT2D eigenvalue weighted by atomic mass is 10.1. The van der Waals surface area contributed by atoms with Gasteiger partial charge in [0.15, 0.2) is 6.10 Å². The number of hydrogen-bond acceptors (Lipinski definition) is 3. The third-order valence-corrected chi connectivity index (χ3v) is 4.44. The van der Waals surface area contributed by atoms with Crippen LogP contribution < -0.4 is 0 Å². The second-order valence-electron chi connectivity index (χ2n) is 8.47. The predicted molar refractivity (Wildman–Crippen MR) is 113 cm³/mol. The molecule has 1 unspecified atom stereocenters. The van der Waals surface area contributed by atoms with E-state index in [0.29, 0.717) is 17.4 Å². The van der Waals surface area contributed by atoms with Crippen LogP contribution in [0.3, 0.4) is 0 Å². The molecule has 0 rings (SSSR count). The largest absolute Gasteiger partial charge is 0.481 e. The SMILES string of the molecule is CCCCCCCCCCCCCC(=O)OC(CC(=O)O)C[N+](C)(C)C.Cl. The Morgan fingerprint density at radius 3 is 1.70 bits per heavy atom. The van der Waals surface area contributed by atoms with Gasteiger partial charge in [-0.3, -0.25) is 9.59 Å². The van der Waals surface area contributed by atoms with Crippen molar-refractivity contribution in [1.82, 2.24) is 0 Å². The van der Waals surface area contributed by atoms with Gasteiger partial charge in [0, 0.05) is 6.42 Å². The molecule has 0 spiro atoms. The van der Waals surface area contributed by atoms with Gasteiger partial charge >= 0.3 is 11.9 Å². The average Bonchev–Trinajstić information content (AvgIpc) is 2.50. The summed E-state index contributed by atoms with van der Waals surface area (Å²) in [6.45, 7) is 2.75. The van der Waals surface area contributed by atoms with Crippen LogP contribution in [0.5, 0.6) is 0 Å². The molecule has 0 fully saturated rings. The molecule has 1 atom stereocenters. The molecule has 27 heavy (non-hydrogen) atoms. The van der Waals surface area contributed by atoms with E-state index in [4.69, 9.17) is 9.84 Å². The predicted octanol–water partition coefficient (Wildman–Crippen LogP) is 5.20. The molecule has 0 aromatic heterocycles. The number of likely N-dealkylation sites (N-methyl/N-ethyl adjacent to an activating group) is 1. The van der Waals surface area contributed by atoms with Gasteiger partial charge in [0.1, 0.15) is 6.54 Å². The highest BCUT2D eigenvalue weighted by molar-refractivity contribution is 5.85. The molecule has 162 valence electrons. The van der Waals surface area contributed by atoms with E-state index in [9.17, 15) is 9.59 Å². The summed E-state index contributed by atoms with van der Waals surface area (Å²) in [5, 5.41) is 8.97. The number of hydrogen-bond donors (Lipinski definition) is 1. The molecule has 1 N–H and O–H groups in total. The van der Waals surface area contributed by atoms with E-state index in [-0.39, 0.29) is 24.8 Å². The summed E-state index contributed by atoms with van der Waals surface area (Å²) < 4.78 is 5.97. The molecule has 0 saturated heterocycles. The van der Waals surface area contributed by atoms with Crippen molar-refractivity contribution in [2.45, 2.75) is 96.5 Å². The normalized spacial score (nSPS) is 12.3. The lowest BCUT2D eigenvalue weighted by Crippen LogP contribution is -2.43. The third-order valence-electron chi connectivity index (χ3n) is 4.44. The van der Waals surface area contributed by atoms with Crippen LogP contribution >= 0.6 is 12.4 Å². The van der Waals surface area contributed by atoms with Crippen molar-refractivity contribution >= 4 is 24.3 Å². The van der Waals surface area contributed by atoms with E-state index < -0.39 is 12.1 Å². The van der Waals surface area contributed by atoms with Crippen LogP contribution in [0.1, 0.15) is 90.4 Å². The summed E-state index contributed by atoms with van der Waals surface area (Å²) in [7, 11) is 5.89. The number of halogens is 1. The first-order chi connectivity index (χ1) is 12.2. The number of quaternary nitrogens is 1. The second-order valence-corrected chi connectivity index (χ2v) is 8.47. The maximum Gasteiger partial charge on any atom is 0.307 e. The Hall–Kier alpha value is -0.810. The van der Waals surface area contributed by atoms with Gasteiger partial charge in [-0.2, -0.15) is 0 Å². The zero-order valence-corrected chi connectivity index (χ0v) is 18.8. The second kappa shape index (κ2) is 17.3. The highest BCUT2D eigenvalue weighted by atomic mass is 35.5. The summed E-state index contributed by atoms with van der Waals surface area (Å²) in [6.07, 6.45) is 13.4. The third kappa shape index (κ3) is 21.3. The highest BCUT2D eigenvalue weighted by Gasteiger charge is 2.24. The molecule has 0 aliphatic rings. The van der Waals surface area contributed by atoms with Crippen molar-refractivity contribution in [3.63, 3.8) is 0 Å². The first-order valence-corrected chi connectivity index (χ1v) is 10.5. The quantitative estimate of drug-likeness (QED) is 0.204. The van der Waals surface area contributed by atoms with Gasteiger partial charge in [-0.25, -0.2) is 0 Å². The van der Waals surface area contributed by atoms with Crippen molar-refractivity contribution in [3.8, 4) is 0 Å². The van der Waals surface area contributed by atoms with Crippen molar-refractivity contribution in [3.05, 3.63) is 0 Å². The number of carbonyl (C=O) groups is 2. The Labute approximate surface area is 172 Å². The van der Waals surface area contributed by atoms with E-state index in [1.165, 1.54) is 57.8 Å². The maximum absolute atomic E-state index is 12.0. The minimum Gasteiger partial charge on any atom is -0.481 e. The Bertz CT molecular complexity index is 383. The zero-order valence-electron chi connectivity index (χ0n) is 18.0. The number of rotatable bonds is 17. The fraction of sp³-hybridized carbons (Fsp3) is 0.905. The fourth-order valence-corrected chi connectivity index (χ4v) is 3.13. The van der Waals surface area contributed by atoms with Crippen LogP contribution in [-0.2, 0) is 14.3 Å². The van der Waals surface area contributed by atoms with Crippen LogP contribution in [0.4, 0.5) is 0 Å². The van der Waals surface area contributed by atoms with E-state index >= 15 is 0 Å². The van der Waals surface area contributed by atoms with Crippen LogP contribution in [-0.4, -0.2) is 55.3 Å². The van der Waals surface area contributed by atoms with Crippen LogP contribution in [0, 0.1) is 0 Å². The Morgan fingerprint density at radius 2 is 1.30 bits per heavy atom. The van der Waals surface area contributed by atoms with E-state index in [0.717, 1.165) is 12.8 Å². The van der Waals surface area contributed by atoms with Gasteiger partial charge in [0.2, 0.25) is 0 Å². The van der Waals surface area contributed by atoms with E-state index in [1.54, 1.807) is 0 Å². The van der Waals surface area contributed by atoms with E-state index in [2.05, 4.69) is 6.92 Å². The highest BCUT2D eigenvalue weighted by Crippen LogP contribution is 2.13. The van der Waals surface area contributed by atoms with Gasteiger partial charge in [-0.05, 0) is 6.42 Å². The number of esters is 1. The van der Waals surface area contributed by atoms with Gasteiger partial charge < -0.3 is 14.3 Å². The number of ether oxygens (including phenoxy) is 1. The van der Waals surface area contributed by atoms with E-state index in [1.807, 2.05) is 21.1 Å². The molecule has 0 aliphatic carbocycles. The number of aliphatic carboxylic acids is 1. The molecular formula is C21H43ClNO4+. The van der Waals surface area contributed by atoms with Crippen molar-refractivity contribution in [2.75, 3.05) is 27.7 Å². The smallest absolute Gasteiger partial charge is 0.307 e. The van der Waals surface area contributed by atoms with Crippen LogP contribution in [0.2, 0.25) is 0 Å². The standard InChI is InChI=1S/C21H41NO4.ClH/c1-5-6-7-8-9-10-11-12-13-14-15-16-21(25)26-19(17-20(23)24)18-22(2,3)4;/h19H,5-18H2,1-4H3;1H/p+1. The molecule has 0 aromatic carbocycles. The Kier molecular flexibility index (Phi) is 18.2. The van der Waals surface area contributed by atoms with Crippen molar-refractivity contribution in [1.29, 1.82) is 0 Å². The number of unbranched alkanes of at least 4 members (excludes halogenated alkanes) is 10. The summed E-state index contributed by atoms with van der Waals surface area (Å²) in [5.41, 5.74) is 0. The number of carboxylic acids is 1. The van der Waals surface area contributed by atoms with Gasteiger partial charge in [-0.1, -0.05) is 71.1 Å². The Balaban J connectivity index is 0. The molecule has 0 bridgehead atoms. The van der Waals surface area contributed by atoms with Gasteiger partial charge in [0.05, 0.1) is 27.6 Å². The first-order valence-electron chi connectivity index (χ1n) is 10.5. The summed E-state index contributed by atoms with van der Waals surface area (Å²) >= 11 is 0. The summed E-state index contributed by atoms with van der Waals surface area (Å²) in [5.74, 6) is -1.19. The van der Waals surface area contributed by atoms with Crippen molar-refractivity contribution < 1.29 is 23.9 Å². The molecular weight excluding hydrogens is 366 g/mol. The summed E-state index contributed by atoms with van der Waals surface area (Å²) in [6, 6.07) is 0. The van der Waals surface area contributed by atoms with Crippen molar-refractivity contribution in [2.24, 2.45) is 0 Å². The molecule has 0 amide bonds. The lowest BCUT2D eigenvalue weighted by Gasteiger charge is -2.28. The molecule has 5 nitrogen and oxygen atoms in total. The molecule has 0 aliphatic heterocycles. The summed E-state index contributed by atoms with van der Waals surface area (Å²) in [4.78, 5) is 22.9. The van der Waals surface area contributed by atoms with Gasteiger partial charge in [-0.15, -0.1) is 12.4 Å². The minimum absolute atomic E-state index is 0. The van der Waals surface area contributed by atoms with Crippen LogP contribution in [0.25, 0.3) is 0 Å². The molecule has 0 aromatic rings. The minimum atomic E-state index is -0.925. The first kappa shape index (κ1) is 28.4. The monoisotopic (exact) mass is 408 g/mol. The van der Waals surface area contributed by atoms with Gasteiger partial charge in [0.25, 0.3) is 0 Å². The molecule has 0 radical (unpaired) electrons. The number of carbonyl (C=O) groups excluding carboxylic acids is 1. The molecule has 0 heterocycles.